The largest absolute Gasteiger partial charge is 0.448 e. The molecule has 0 fully saturated rings. The van der Waals surface area contributed by atoms with E-state index in [1.807, 2.05) is 18.2 Å². The summed E-state index contributed by atoms with van der Waals surface area (Å²) < 4.78 is 5.14. The molecule has 0 aliphatic heterocycles. The highest BCUT2D eigenvalue weighted by molar-refractivity contribution is 7.99. The summed E-state index contributed by atoms with van der Waals surface area (Å²) >= 11 is 3.35. The number of allylic oxidation sites excluding steroid dienone is 5. The minimum absolute atomic E-state index is 0.304. The van der Waals surface area contributed by atoms with Crippen molar-refractivity contribution in [2.24, 2.45) is 0 Å². The average molecular weight is 518 g/mol. The van der Waals surface area contributed by atoms with Gasteiger partial charge in [0, 0.05) is 16.4 Å². The Morgan fingerprint density at radius 1 is 0.943 bits per heavy atom. The van der Waals surface area contributed by atoms with Crippen LogP contribution in [0.25, 0.3) is 0 Å². The Labute approximate surface area is 221 Å². The van der Waals surface area contributed by atoms with Crippen LogP contribution in [0.15, 0.2) is 64.1 Å². The topological polar surface area (TPSA) is 55.4 Å². The molecule has 1 aromatic rings. The average Bonchev–Trinajstić information content (AvgIpc) is 2.81. The number of unbranched alkanes of at least 4 members (excludes halogenated alkanes) is 1. The minimum Gasteiger partial charge on any atom is -0.448 e. The van der Waals surface area contributed by atoms with Crippen LogP contribution in [0.1, 0.15) is 83.5 Å². The van der Waals surface area contributed by atoms with Crippen LogP contribution in [0.4, 0.5) is 4.79 Å². The first-order chi connectivity index (χ1) is 16.8. The third-order valence-electron chi connectivity index (χ3n) is 5.24. The van der Waals surface area contributed by atoms with Gasteiger partial charge in [0.2, 0.25) is 0 Å². The van der Waals surface area contributed by atoms with Crippen LogP contribution < -0.4 is 5.32 Å². The Kier molecular flexibility index (Phi) is 17.1. The van der Waals surface area contributed by atoms with Crippen molar-refractivity contribution in [2.45, 2.75) is 78.0 Å². The van der Waals surface area contributed by atoms with Gasteiger partial charge in [0.25, 0.3) is 5.91 Å². The maximum absolute atomic E-state index is 12.6. The first-order valence-electron chi connectivity index (χ1n) is 12.6. The van der Waals surface area contributed by atoms with Crippen molar-refractivity contribution < 1.29 is 14.3 Å². The smallest absolute Gasteiger partial charge is 0.414 e. The molecule has 194 valence electrons. The lowest BCUT2D eigenvalue weighted by Gasteiger charge is -2.09. The molecule has 1 aromatic carbocycles. The van der Waals surface area contributed by atoms with Crippen molar-refractivity contribution in [3.05, 3.63) is 64.8 Å². The first-order valence-corrected chi connectivity index (χ1v) is 14.7. The normalized spacial score (nSPS) is 11.8. The zero-order chi connectivity index (χ0) is 25.9. The second-order valence-corrected chi connectivity index (χ2v) is 11.1. The number of imide groups is 1. The van der Waals surface area contributed by atoms with E-state index in [1.165, 1.54) is 16.7 Å². The zero-order valence-electron chi connectivity index (χ0n) is 22.2. The van der Waals surface area contributed by atoms with E-state index in [2.05, 4.69) is 58.2 Å². The second-order valence-electron chi connectivity index (χ2n) is 8.82. The molecule has 0 bridgehead atoms. The van der Waals surface area contributed by atoms with Crippen LogP contribution in [0, 0.1) is 0 Å². The summed E-state index contributed by atoms with van der Waals surface area (Å²) in [5.41, 5.74) is 4.65. The van der Waals surface area contributed by atoms with Crippen molar-refractivity contribution >= 4 is 35.5 Å². The fourth-order valence-electron chi connectivity index (χ4n) is 3.13. The molecule has 0 aliphatic carbocycles. The van der Waals surface area contributed by atoms with E-state index in [-0.39, 0.29) is 0 Å². The summed E-state index contributed by atoms with van der Waals surface area (Å²) in [6.07, 6.45) is 12.8. The third kappa shape index (κ3) is 15.6. The van der Waals surface area contributed by atoms with Crippen molar-refractivity contribution in [3.63, 3.8) is 0 Å². The Morgan fingerprint density at radius 3 is 2.34 bits per heavy atom. The number of ether oxygens (including phenoxy) is 1. The minimum atomic E-state index is -0.689. The molecule has 0 spiro atoms. The van der Waals surface area contributed by atoms with Gasteiger partial charge in [-0.1, -0.05) is 60.4 Å². The van der Waals surface area contributed by atoms with Gasteiger partial charge in [-0.25, -0.2) is 4.79 Å². The Hall–Kier alpha value is -1.92. The van der Waals surface area contributed by atoms with Gasteiger partial charge in [0.05, 0.1) is 5.56 Å². The molecular weight excluding hydrogens is 474 g/mol. The number of rotatable bonds is 16. The number of hydrogen-bond donors (Lipinski definition) is 1. The van der Waals surface area contributed by atoms with E-state index in [1.54, 1.807) is 29.6 Å². The molecule has 0 saturated carbocycles. The molecule has 0 unspecified atom stereocenters. The lowest BCUT2D eigenvalue weighted by atomic mass is 10.1. The van der Waals surface area contributed by atoms with Gasteiger partial charge in [-0.3, -0.25) is 10.1 Å². The van der Waals surface area contributed by atoms with E-state index in [4.69, 9.17) is 4.74 Å². The van der Waals surface area contributed by atoms with Crippen LogP contribution in [0.3, 0.4) is 0 Å². The third-order valence-corrected chi connectivity index (χ3v) is 7.28. The number of carbonyl (C=O) groups is 2. The second kappa shape index (κ2) is 19.3. The van der Waals surface area contributed by atoms with Crippen LogP contribution in [-0.2, 0) is 4.74 Å². The van der Waals surface area contributed by atoms with Crippen molar-refractivity contribution in [1.82, 2.24) is 5.32 Å². The summed E-state index contributed by atoms with van der Waals surface area (Å²) in [5.74, 6) is 2.15. The number of amides is 2. The monoisotopic (exact) mass is 517 g/mol. The van der Waals surface area contributed by atoms with Gasteiger partial charge in [-0.05, 0) is 77.7 Å². The van der Waals surface area contributed by atoms with E-state index < -0.39 is 12.0 Å². The van der Waals surface area contributed by atoms with Crippen molar-refractivity contribution in [3.8, 4) is 0 Å². The lowest BCUT2D eigenvalue weighted by Crippen LogP contribution is -2.31. The number of thioether (sulfide) groups is 2. The maximum atomic E-state index is 12.6. The van der Waals surface area contributed by atoms with E-state index >= 15 is 0 Å². The fraction of sp³-hybridized carbons (Fsp3) is 0.517. The van der Waals surface area contributed by atoms with Gasteiger partial charge < -0.3 is 4.74 Å². The highest BCUT2D eigenvalue weighted by Crippen LogP contribution is 2.23. The Morgan fingerprint density at radius 2 is 1.63 bits per heavy atom. The summed E-state index contributed by atoms with van der Waals surface area (Å²) in [6.45, 7) is 11.1. The maximum Gasteiger partial charge on any atom is 0.414 e. The predicted molar refractivity (Wildman–Crippen MR) is 154 cm³/mol. The molecule has 6 heteroatoms. The first kappa shape index (κ1) is 31.1. The number of benzene rings is 1. The van der Waals surface area contributed by atoms with Crippen LogP contribution >= 0.6 is 23.5 Å². The van der Waals surface area contributed by atoms with E-state index in [0.717, 1.165) is 60.7 Å². The summed E-state index contributed by atoms with van der Waals surface area (Å²) in [4.78, 5) is 25.4. The summed E-state index contributed by atoms with van der Waals surface area (Å²) in [5, 5.41) is 2.35. The lowest BCUT2D eigenvalue weighted by molar-refractivity contribution is 0.0923. The van der Waals surface area contributed by atoms with Gasteiger partial charge >= 0.3 is 6.09 Å². The molecule has 35 heavy (non-hydrogen) atoms. The van der Waals surface area contributed by atoms with E-state index in [9.17, 15) is 9.59 Å². The summed E-state index contributed by atoms with van der Waals surface area (Å²) in [7, 11) is 0. The van der Waals surface area contributed by atoms with Crippen molar-refractivity contribution in [1.29, 1.82) is 0 Å². The molecule has 0 saturated heterocycles. The Balaban J connectivity index is 2.45. The van der Waals surface area contributed by atoms with Gasteiger partial charge in [-0.2, -0.15) is 11.8 Å². The number of carbonyl (C=O) groups excluding carboxylic acids is 2. The van der Waals surface area contributed by atoms with Crippen LogP contribution in [-0.4, -0.2) is 35.9 Å². The summed E-state index contributed by atoms with van der Waals surface area (Å²) in [6, 6.07) is 7.37. The fourth-order valence-corrected chi connectivity index (χ4v) is 5.07. The molecule has 0 aromatic heterocycles. The molecule has 2 amide bonds. The molecular formula is C29H43NO3S2. The predicted octanol–water partition coefficient (Wildman–Crippen LogP) is 8.60. The number of hydrogen-bond acceptors (Lipinski definition) is 5. The van der Waals surface area contributed by atoms with Gasteiger partial charge in [0.15, 0.2) is 0 Å². The molecule has 0 radical (unpaired) electrons. The molecule has 0 atom stereocenters. The SMILES string of the molecule is CCCCSCCOC(=O)NC(=O)c1ccccc1SC/C=C(\C)CC/C=C(\C)CCC=C(C)C. The van der Waals surface area contributed by atoms with Gasteiger partial charge in [-0.15, -0.1) is 11.8 Å². The molecule has 0 heterocycles. The molecule has 0 aliphatic rings. The van der Waals surface area contributed by atoms with E-state index in [0.29, 0.717) is 12.2 Å². The molecule has 1 N–H and O–H groups in total. The van der Waals surface area contributed by atoms with Crippen LogP contribution in [0.5, 0.6) is 0 Å². The highest BCUT2D eigenvalue weighted by atomic mass is 32.2. The van der Waals surface area contributed by atoms with Crippen molar-refractivity contribution in [2.75, 3.05) is 23.9 Å². The molecule has 4 nitrogen and oxygen atoms in total. The standard InChI is InChI=1S/C29H43NO3S2/c1-6-7-20-34-22-19-33-29(32)30-28(31)26-16-8-9-17-27(26)35-21-18-25(5)15-11-14-24(4)13-10-12-23(2)3/h8-9,12,14,16-18H,6-7,10-11,13,15,19-22H2,1-5H3,(H,30,31,32)/b24-14+,25-18+. The number of nitrogens with one attached hydrogen (secondary N) is 1. The molecule has 1 rings (SSSR count). The zero-order valence-corrected chi connectivity index (χ0v) is 23.8. The highest BCUT2D eigenvalue weighted by Gasteiger charge is 2.15. The van der Waals surface area contributed by atoms with Gasteiger partial charge in [0.1, 0.15) is 6.61 Å². The van der Waals surface area contributed by atoms with Crippen LogP contribution in [0.2, 0.25) is 0 Å². The number of alkyl carbamates (subject to hydrolysis) is 1. The Bertz CT molecular complexity index is 870. The quantitative estimate of drug-likeness (QED) is 0.135.